The summed E-state index contributed by atoms with van der Waals surface area (Å²) in [7, 11) is 0. The van der Waals surface area contributed by atoms with Crippen LogP contribution in [0.1, 0.15) is 36.7 Å². The van der Waals surface area contributed by atoms with Gasteiger partial charge in [-0.25, -0.2) is 0 Å². The highest BCUT2D eigenvalue weighted by Gasteiger charge is 2.28. The van der Waals surface area contributed by atoms with E-state index in [9.17, 15) is 4.79 Å². The van der Waals surface area contributed by atoms with Crippen molar-refractivity contribution in [3.63, 3.8) is 0 Å². The van der Waals surface area contributed by atoms with E-state index in [4.69, 9.17) is 5.73 Å². The Labute approximate surface area is 188 Å². The summed E-state index contributed by atoms with van der Waals surface area (Å²) in [5, 5.41) is 0. The topological polar surface area (TPSA) is 66.9 Å². The Kier molecular flexibility index (Phi) is 4.90. The van der Waals surface area contributed by atoms with E-state index in [2.05, 4.69) is 39.5 Å². The Morgan fingerprint density at radius 1 is 1.06 bits per heavy atom. The van der Waals surface area contributed by atoms with Gasteiger partial charge in [-0.3, -0.25) is 14.7 Å². The summed E-state index contributed by atoms with van der Waals surface area (Å²) in [5.74, 6) is -0.0561. The lowest BCUT2D eigenvalue weighted by atomic mass is 9.90. The molecular weight excluding hydrogens is 398 g/mol. The second kappa shape index (κ2) is 7.64. The third kappa shape index (κ3) is 3.82. The molecule has 1 amide bonds. The molecule has 0 bridgehead atoms. The summed E-state index contributed by atoms with van der Waals surface area (Å²) >= 11 is 0. The predicted molar refractivity (Wildman–Crippen MR) is 127 cm³/mol. The van der Waals surface area contributed by atoms with Crippen LogP contribution in [0.2, 0.25) is 0 Å². The fourth-order valence-corrected chi connectivity index (χ4v) is 4.56. The summed E-state index contributed by atoms with van der Waals surface area (Å²) < 4.78 is 2.08. The van der Waals surface area contributed by atoms with E-state index in [0.717, 1.165) is 65.4 Å². The minimum atomic E-state index is -0.104. The van der Waals surface area contributed by atoms with Crippen molar-refractivity contribution in [2.75, 3.05) is 13.1 Å². The maximum Gasteiger partial charge on any atom is 0.255 e. The minimum Gasteiger partial charge on any atom is -0.370 e. The monoisotopic (exact) mass is 427 g/mol. The molecule has 0 aliphatic carbocycles. The SMILES string of the molecule is Cc1cn2cc(C3=CC(=O)N4C=C(N5CCC(C)(N)CC5)C=C/C4=C\C=C3)cc2c(C)n1. The molecule has 0 spiro atoms. The fraction of sp³-hybridized carbons (Fsp3) is 0.308. The van der Waals surface area contributed by atoms with Gasteiger partial charge in [0.05, 0.1) is 22.6 Å². The Morgan fingerprint density at radius 2 is 1.81 bits per heavy atom. The molecule has 0 unspecified atom stereocenters. The number of aryl methyl sites for hydroxylation is 2. The van der Waals surface area contributed by atoms with Crippen LogP contribution in [-0.2, 0) is 4.79 Å². The Morgan fingerprint density at radius 3 is 2.59 bits per heavy atom. The predicted octanol–water partition coefficient (Wildman–Crippen LogP) is 3.84. The molecule has 2 N–H and O–H groups in total. The number of piperidine rings is 1. The number of carbonyl (C=O) groups is 1. The number of rotatable bonds is 2. The van der Waals surface area contributed by atoms with Gasteiger partial charge in [0.15, 0.2) is 0 Å². The van der Waals surface area contributed by atoms with E-state index < -0.39 is 0 Å². The molecule has 3 aliphatic rings. The van der Waals surface area contributed by atoms with Crippen LogP contribution in [-0.4, -0.2) is 43.7 Å². The van der Waals surface area contributed by atoms with Gasteiger partial charge in [0.1, 0.15) is 0 Å². The molecule has 0 radical (unpaired) electrons. The average molecular weight is 428 g/mol. The summed E-state index contributed by atoms with van der Waals surface area (Å²) in [6.07, 6.45) is 19.7. The van der Waals surface area contributed by atoms with E-state index in [0.29, 0.717) is 0 Å². The number of nitrogens with zero attached hydrogens (tertiary/aromatic N) is 4. The van der Waals surface area contributed by atoms with Crippen LogP contribution in [0.15, 0.2) is 72.5 Å². The van der Waals surface area contributed by atoms with Crippen LogP contribution < -0.4 is 5.73 Å². The normalized spacial score (nSPS) is 22.1. The van der Waals surface area contributed by atoms with Crippen LogP contribution in [0.3, 0.4) is 0 Å². The molecule has 32 heavy (non-hydrogen) atoms. The molecule has 164 valence electrons. The zero-order valence-electron chi connectivity index (χ0n) is 18.9. The second-order valence-corrected chi connectivity index (χ2v) is 9.28. The lowest BCUT2D eigenvalue weighted by Crippen LogP contribution is -2.48. The van der Waals surface area contributed by atoms with Crippen LogP contribution in [0, 0.1) is 13.8 Å². The Bertz CT molecular complexity index is 1240. The highest BCUT2D eigenvalue weighted by atomic mass is 16.2. The summed E-state index contributed by atoms with van der Waals surface area (Å²) in [6.45, 7) is 7.90. The molecule has 3 aliphatic heterocycles. The van der Waals surface area contributed by atoms with Gasteiger partial charge >= 0.3 is 0 Å². The van der Waals surface area contributed by atoms with Gasteiger partial charge in [-0.05, 0) is 63.5 Å². The van der Waals surface area contributed by atoms with E-state index in [-0.39, 0.29) is 11.4 Å². The first-order valence-electron chi connectivity index (χ1n) is 11.1. The molecule has 0 atom stereocenters. The van der Waals surface area contributed by atoms with Crippen molar-refractivity contribution in [2.24, 2.45) is 5.73 Å². The number of nitrogens with two attached hydrogens (primary N) is 1. The minimum absolute atomic E-state index is 0.0561. The largest absolute Gasteiger partial charge is 0.370 e. The van der Waals surface area contributed by atoms with Gasteiger partial charge in [0, 0.05) is 54.6 Å². The van der Waals surface area contributed by atoms with Crippen molar-refractivity contribution in [2.45, 2.75) is 39.2 Å². The van der Waals surface area contributed by atoms with Crippen LogP contribution in [0.5, 0.6) is 0 Å². The van der Waals surface area contributed by atoms with Gasteiger partial charge in [0.2, 0.25) is 0 Å². The zero-order valence-corrected chi connectivity index (χ0v) is 18.9. The van der Waals surface area contributed by atoms with Crippen molar-refractivity contribution in [3.05, 3.63) is 89.5 Å². The Hall–Kier alpha value is -3.38. The van der Waals surface area contributed by atoms with E-state index in [1.54, 1.807) is 11.0 Å². The van der Waals surface area contributed by atoms with Crippen LogP contribution in [0.4, 0.5) is 0 Å². The molecule has 0 saturated carbocycles. The summed E-state index contributed by atoms with van der Waals surface area (Å²) in [6, 6.07) is 2.09. The van der Waals surface area contributed by atoms with E-state index >= 15 is 0 Å². The molecule has 5 rings (SSSR count). The highest BCUT2D eigenvalue weighted by molar-refractivity contribution is 6.00. The number of amides is 1. The first kappa shape index (κ1) is 20.5. The summed E-state index contributed by atoms with van der Waals surface area (Å²) in [4.78, 5) is 21.9. The molecular formula is C26H29N5O. The van der Waals surface area contributed by atoms with Gasteiger partial charge in [-0.1, -0.05) is 12.2 Å². The first-order chi connectivity index (χ1) is 15.3. The van der Waals surface area contributed by atoms with E-state index in [1.807, 2.05) is 50.5 Å². The molecule has 6 nitrogen and oxygen atoms in total. The lowest BCUT2D eigenvalue weighted by Gasteiger charge is -2.39. The molecule has 1 saturated heterocycles. The summed E-state index contributed by atoms with van der Waals surface area (Å²) in [5.41, 5.74) is 13.0. The maximum atomic E-state index is 13.3. The number of carbonyl (C=O) groups excluding carboxylic acids is 1. The van der Waals surface area contributed by atoms with Gasteiger partial charge in [-0.15, -0.1) is 0 Å². The number of fused-ring (bicyclic) bond motifs is 2. The van der Waals surface area contributed by atoms with Crippen LogP contribution >= 0.6 is 0 Å². The number of hydrogen-bond acceptors (Lipinski definition) is 4. The smallest absolute Gasteiger partial charge is 0.255 e. The van der Waals surface area contributed by atoms with Gasteiger partial charge in [-0.2, -0.15) is 0 Å². The van der Waals surface area contributed by atoms with Gasteiger partial charge in [0.25, 0.3) is 5.91 Å². The van der Waals surface area contributed by atoms with Crippen molar-refractivity contribution < 1.29 is 4.79 Å². The molecule has 0 aromatic carbocycles. The number of likely N-dealkylation sites (tertiary alicyclic amines) is 1. The lowest BCUT2D eigenvalue weighted by molar-refractivity contribution is -0.122. The van der Waals surface area contributed by atoms with Crippen molar-refractivity contribution >= 4 is 17.0 Å². The molecule has 5 heterocycles. The number of allylic oxidation sites excluding steroid dienone is 6. The zero-order chi connectivity index (χ0) is 22.5. The molecule has 2 aromatic heterocycles. The first-order valence-corrected chi connectivity index (χ1v) is 11.1. The second-order valence-electron chi connectivity index (χ2n) is 9.28. The van der Waals surface area contributed by atoms with Crippen molar-refractivity contribution in [1.29, 1.82) is 0 Å². The third-order valence-electron chi connectivity index (χ3n) is 6.52. The maximum absolute atomic E-state index is 13.3. The standard InChI is InChI=1S/C26H29N5O/c1-18-15-30-16-21(13-24(30)19(2)28-18)20-5-4-6-22-7-8-23(17-31(22)25(32)14-20)29-11-9-26(3,27)10-12-29/h4-8,13-17H,9-12,27H2,1-3H3/b5-4?,20-14?,22-6+. The number of hydrogen-bond donors (Lipinski definition) is 1. The van der Waals surface area contributed by atoms with Crippen LogP contribution in [0.25, 0.3) is 11.1 Å². The highest BCUT2D eigenvalue weighted by Crippen LogP contribution is 2.28. The fourth-order valence-electron chi connectivity index (χ4n) is 4.56. The molecule has 2 aromatic rings. The Balaban J connectivity index is 1.46. The molecule has 1 fully saturated rings. The number of aromatic nitrogens is 2. The quantitative estimate of drug-likeness (QED) is 0.791. The van der Waals surface area contributed by atoms with E-state index in [1.165, 1.54) is 0 Å². The molecule has 6 heteroatoms. The van der Waals surface area contributed by atoms with Gasteiger partial charge < -0.3 is 15.0 Å². The van der Waals surface area contributed by atoms with Crippen molar-refractivity contribution in [3.8, 4) is 0 Å². The average Bonchev–Trinajstić information content (AvgIpc) is 3.16. The third-order valence-corrected chi connectivity index (χ3v) is 6.52. The van der Waals surface area contributed by atoms with Crippen molar-refractivity contribution in [1.82, 2.24) is 19.2 Å².